The maximum Gasteiger partial charge on any atom is 0.137 e. The Labute approximate surface area is 148 Å². The average Bonchev–Trinajstić information content (AvgIpc) is 2.60. The summed E-state index contributed by atoms with van der Waals surface area (Å²) < 4.78 is 15.2. The van der Waals surface area contributed by atoms with Crippen molar-refractivity contribution in [2.45, 2.75) is 23.1 Å². The minimum Gasteiger partial charge on any atom is -0.506 e. The number of hydrogen-bond donors (Lipinski definition) is 2. The van der Waals surface area contributed by atoms with Crippen LogP contribution in [0.2, 0.25) is 0 Å². The van der Waals surface area contributed by atoms with E-state index < -0.39 is 11.0 Å². The van der Waals surface area contributed by atoms with Crippen LogP contribution < -0.4 is 4.72 Å². The second kappa shape index (κ2) is 7.73. The molecule has 5 heteroatoms. The summed E-state index contributed by atoms with van der Waals surface area (Å²) in [5.41, 5.74) is 0.786. The van der Waals surface area contributed by atoms with Crippen LogP contribution in [0.3, 0.4) is 0 Å². The smallest absolute Gasteiger partial charge is 0.137 e. The Morgan fingerprint density at radius 2 is 1.71 bits per heavy atom. The molecule has 3 aromatic carbocycles. The van der Waals surface area contributed by atoms with E-state index in [2.05, 4.69) is 4.72 Å². The number of phenolic OH excluding ortho intramolecular Hbond substituents is 1. The lowest BCUT2D eigenvalue weighted by molar-refractivity contribution is 0.469. The molecule has 0 amide bonds. The van der Waals surface area contributed by atoms with Crippen LogP contribution in [0.4, 0.5) is 5.69 Å². The van der Waals surface area contributed by atoms with Gasteiger partial charge < -0.3 is 9.83 Å². The molecule has 0 fully saturated rings. The van der Waals surface area contributed by atoms with Crippen molar-refractivity contribution in [2.24, 2.45) is 0 Å². The van der Waals surface area contributed by atoms with Crippen LogP contribution in [-0.4, -0.2) is 15.1 Å². The molecule has 0 radical (unpaired) electrons. The van der Waals surface area contributed by atoms with Crippen molar-refractivity contribution in [3.63, 3.8) is 0 Å². The molecule has 0 aromatic heterocycles. The van der Waals surface area contributed by atoms with E-state index in [1.165, 1.54) is 11.8 Å². The molecule has 0 aliphatic heterocycles. The largest absolute Gasteiger partial charge is 0.506 e. The Bertz CT molecular complexity index is 866. The number of fused-ring (bicyclic) bond motifs is 1. The van der Waals surface area contributed by atoms with E-state index in [0.29, 0.717) is 5.75 Å². The maximum absolute atomic E-state index is 12.1. The summed E-state index contributed by atoms with van der Waals surface area (Å²) in [6, 6.07) is 19.4. The molecule has 0 saturated heterocycles. The first-order chi connectivity index (χ1) is 11.7. The SMILES string of the molecule is CCCS(=O)Nc1cc(Sc2ccccc2)c(O)c2ccccc12. The summed E-state index contributed by atoms with van der Waals surface area (Å²) in [6.45, 7) is 2.01. The van der Waals surface area contributed by atoms with Crippen molar-refractivity contribution >= 4 is 39.2 Å². The molecule has 0 aliphatic rings. The fourth-order valence-electron chi connectivity index (χ4n) is 2.47. The summed E-state index contributed by atoms with van der Waals surface area (Å²) in [5, 5.41) is 12.3. The van der Waals surface area contributed by atoms with Crippen molar-refractivity contribution in [3.05, 3.63) is 60.7 Å². The van der Waals surface area contributed by atoms with Crippen molar-refractivity contribution in [1.29, 1.82) is 0 Å². The van der Waals surface area contributed by atoms with Gasteiger partial charge in [-0.05, 0) is 24.6 Å². The van der Waals surface area contributed by atoms with Crippen LogP contribution in [-0.2, 0) is 11.0 Å². The summed E-state index contributed by atoms with van der Waals surface area (Å²) in [6.07, 6.45) is 0.848. The molecule has 0 saturated carbocycles. The topological polar surface area (TPSA) is 49.3 Å². The fraction of sp³-hybridized carbons (Fsp3) is 0.158. The molecule has 0 aliphatic carbocycles. The first-order valence-electron chi connectivity index (χ1n) is 7.81. The molecular formula is C19H19NO2S2. The summed E-state index contributed by atoms with van der Waals surface area (Å²) in [7, 11) is -1.13. The Hall–Kier alpha value is -1.98. The average molecular weight is 358 g/mol. The van der Waals surface area contributed by atoms with Gasteiger partial charge in [-0.1, -0.05) is 61.2 Å². The van der Waals surface area contributed by atoms with Gasteiger partial charge in [-0.2, -0.15) is 0 Å². The Balaban J connectivity index is 2.06. The number of nitrogens with one attached hydrogen (secondary N) is 1. The molecular weight excluding hydrogens is 338 g/mol. The molecule has 24 heavy (non-hydrogen) atoms. The molecule has 0 heterocycles. The second-order valence-electron chi connectivity index (χ2n) is 5.38. The van der Waals surface area contributed by atoms with Crippen LogP contribution in [0.25, 0.3) is 10.8 Å². The lowest BCUT2D eigenvalue weighted by Gasteiger charge is -2.14. The Morgan fingerprint density at radius 1 is 1.04 bits per heavy atom. The highest BCUT2D eigenvalue weighted by Gasteiger charge is 2.13. The standard InChI is InChI=1S/C19H19NO2S2/c1-2-12-24(22)20-17-13-18(23-14-8-4-3-5-9-14)19(21)16-11-7-6-10-15(16)17/h3-11,13,20-21H,2,12H2,1H3. The predicted octanol–water partition coefficient (Wildman–Crippen LogP) is 5.18. The molecule has 0 bridgehead atoms. The fourth-order valence-corrected chi connectivity index (χ4v) is 4.29. The minimum absolute atomic E-state index is 0.256. The van der Waals surface area contributed by atoms with Gasteiger partial charge in [0.05, 0.1) is 10.6 Å². The number of anilines is 1. The van der Waals surface area contributed by atoms with Gasteiger partial charge in [0.1, 0.15) is 16.7 Å². The third kappa shape index (κ3) is 3.74. The van der Waals surface area contributed by atoms with E-state index in [1.54, 1.807) is 0 Å². The number of benzene rings is 3. The highest BCUT2D eigenvalue weighted by molar-refractivity contribution is 7.99. The van der Waals surface area contributed by atoms with E-state index in [4.69, 9.17) is 0 Å². The van der Waals surface area contributed by atoms with Gasteiger partial charge in [0.15, 0.2) is 0 Å². The van der Waals surface area contributed by atoms with E-state index in [-0.39, 0.29) is 5.75 Å². The van der Waals surface area contributed by atoms with E-state index in [1.807, 2.05) is 67.6 Å². The van der Waals surface area contributed by atoms with Crippen molar-refractivity contribution < 1.29 is 9.32 Å². The van der Waals surface area contributed by atoms with Crippen LogP contribution >= 0.6 is 11.8 Å². The minimum atomic E-state index is -1.13. The lowest BCUT2D eigenvalue weighted by atomic mass is 10.1. The first kappa shape index (κ1) is 16.9. The quantitative estimate of drug-likeness (QED) is 0.598. The molecule has 3 nitrogen and oxygen atoms in total. The van der Waals surface area contributed by atoms with E-state index >= 15 is 0 Å². The number of aromatic hydroxyl groups is 1. The van der Waals surface area contributed by atoms with Crippen molar-refractivity contribution in [3.8, 4) is 5.75 Å². The molecule has 3 aromatic rings. The number of hydrogen-bond acceptors (Lipinski definition) is 3. The predicted molar refractivity (Wildman–Crippen MR) is 103 cm³/mol. The summed E-state index contributed by atoms with van der Waals surface area (Å²) in [5.74, 6) is 0.849. The van der Waals surface area contributed by atoms with E-state index in [9.17, 15) is 9.32 Å². The van der Waals surface area contributed by atoms with E-state index in [0.717, 1.165) is 32.7 Å². The first-order valence-corrected chi connectivity index (χ1v) is 9.95. The zero-order valence-corrected chi connectivity index (χ0v) is 15.0. The summed E-state index contributed by atoms with van der Waals surface area (Å²) >= 11 is 1.49. The lowest BCUT2D eigenvalue weighted by Crippen LogP contribution is -2.08. The molecule has 2 N–H and O–H groups in total. The second-order valence-corrected chi connectivity index (χ2v) is 7.80. The number of rotatable bonds is 6. The van der Waals surface area contributed by atoms with Crippen LogP contribution in [0.15, 0.2) is 70.5 Å². The molecule has 124 valence electrons. The molecule has 1 atom stereocenters. The monoisotopic (exact) mass is 357 g/mol. The van der Waals surface area contributed by atoms with Gasteiger partial charge in [-0.3, -0.25) is 0 Å². The van der Waals surface area contributed by atoms with Crippen molar-refractivity contribution in [1.82, 2.24) is 0 Å². The third-order valence-electron chi connectivity index (χ3n) is 3.57. The zero-order chi connectivity index (χ0) is 16.9. The van der Waals surface area contributed by atoms with Gasteiger partial charge in [-0.15, -0.1) is 0 Å². The van der Waals surface area contributed by atoms with Gasteiger partial charge in [-0.25, -0.2) is 4.21 Å². The third-order valence-corrected chi connectivity index (χ3v) is 5.83. The number of phenols is 1. The van der Waals surface area contributed by atoms with Crippen molar-refractivity contribution in [2.75, 3.05) is 10.5 Å². The Morgan fingerprint density at radius 3 is 2.42 bits per heavy atom. The zero-order valence-electron chi connectivity index (χ0n) is 13.4. The molecule has 0 spiro atoms. The van der Waals surface area contributed by atoms with Gasteiger partial charge >= 0.3 is 0 Å². The highest BCUT2D eigenvalue weighted by Crippen LogP contribution is 2.42. The molecule has 1 unspecified atom stereocenters. The maximum atomic E-state index is 12.1. The Kier molecular flexibility index (Phi) is 5.43. The highest BCUT2D eigenvalue weighted by atomic mass is 32.2. The normalized spacial score (nSPS) is 12.2. The van der Waals surface area contributed by atoms with Crippen LogP contribution in [0.1, 0.15) is 13.3 Å². The van der Waals surface area contributed by atoms with Crippen LogP contribution in [0.5, 0.6) is 5.75 Å². The molecule has 3 rings (SSSR count). The van der Waals surface area contributed by atoms with Gasteiger partial charge in [0, 0.05) is 21.4 Å². The summed E-state index contributed by atoms with van der Waals surface area (Å²) in [4.78, 5) is 1.79. The van der Waals surface area contributed by atoms with Gasteiger partial charge in [0.2, 0.25) is 0 Å². The van der Waals surface area contributed by atoms with Crippen LogP contribution in [0, 0.1) is 0 Å². The van der Waals surface area contributed by atoms with Gasteiger partial charge in [0.25, 0.3) is 0 Å².